The van der Waals surface area contributed by atoms with Gasteiger partial charge in [0.15, 0.2) is 21.5 Å². The molecule has 0 bridgehead atoms. The zero-order valence-electron chi connectivity index (χ0n) is 25.4. The van der Waals surface area contributed by atoms with Gasteiger partial charge in [-0.3, -0.25) is 10.2 Å². The molecular weight excluding hydrogens is 670 g/mol. The molecule has 240 valence electrons. The fourth-order valence-corrected chi connectivity index (χ4v) is 6.85. The zero-order valence-corrected chi connectivity index (χ0v) is 27.8. The molecule has 4 aromatic carbocycles. The monoisotopic (exact) mass is 705 g/mol. The number of benzene rings is 4. The van der Waals surface area contributed by atoms with Gasteiger partial charge in [0.1, 0.15) is 5.75 Å². The highest BCUT2D eigenvalue weighted by molar-refractivity contribution is 9.10. The maximum absolute atomic E-state index is 14.3. The summed E-state index contributed by atoms with van der Waals surface area (Å²) < 4.78 is 40.0. The fraction of sp³-hybridized carbons (Fsp3) is 0.257. The number of carbonyl (C=O) groups excluding carboxylic acids is 1. The number of nitrogens with one attached hydrogen (secondary N) is 2. The second-order valence-electron chi connectivity index (χ2n) is 11.0. The van der Waals surface area contributed by atoms with Crippen LogP contribution in [0.15, 0.2) is 117 Å². The highest BCUT2D eigenvalue weighted by Crippen LogP contribution is 2.43. The molecule has 3 N–H and O–H groups in total. The van der Waals surface area contributed by atoms with Crippen molar-refractivity contribution in [2.75, 3.05) is 19.0 Å². The minimum Gasteiger partial charge on any atom is -0.494 e. The lowest BCUT2D eigenvalue weighted by atomic mass is 9.85. The fourth-order valence-electron chi connectivity index (χ4n) is 5.20. The van der Waals surface area contributed by atoms with E-state index in [4.69, 9.17) is 19.6 Å². The van der Waals surface area contributed by atoms with Gasteiger partial charge < -0.3 is 14.6 Å². The predicted molar refractivity (Wildman–Crippen MR) is 180 cm³/mol. The molecule has 2 atom stereocenters. The Morgan fingerprint density at radius 1 is 1.00 bits per heavy atom. The summed E-state index contributed by atoms with van der Waals surface area (Å²) in [5.41, 5.74) is 7.51. The normalized spacial score (nSPS) is 17.6. The van der Waals surface area contributed by atoms with Crippen LogP contribution in [0, 0.1) is 6.92 Å². The largest absolute Gasteiger partial charge is 0.494 e. The highest BCUT2D eigenvalue weighted by Gasteiger charge is 2.53. The van der Waals surface area contributed by atoms with E-state index in [2.05, 4.69) is 26.8 Å². The molecule has 0 saturated carbocycles. The highest BCUT2D eigenvalue weighted by atomic mass is 79.9. The van der Waals surface area contributed by atoms with Crippen molar-refractivity contribution in [2.24, 2.45) is 4.99 Å². The second-order valence-corrected chi connectivity index (χ2v) is 14.0. The molecule has 0 unspecified atom stereocenters. The van der Waals surface area contributed by atoms with Gasteiger partial charge in [-0.05, 0) is 66.6 Å². The Labute approximate surface area is 277 Å². The standard InChI is InChI=1S/C35H36BrN3O6S/c1-25-7-5-8-26(23-25)24-37-39-34(41)35(19-22-46(42,43)31-9-3-2-4-10-31)32(27-11-15-29(36)16-12-27)45-33(38-35)28-13-17-30(18-14-28)44-21-6-20-40/h2-5,7-18,23,32,37,40H,6,19-22,24H2,1H3,(H,39,41)/t32-,35-/m0/s1. The number of carbonyl (C=O) groups is 1. The number of aliphatic hydroxyl groups is 1. The van der Waals surface area contributed by atoms with Crippen LogP contribution < -0.4 is 15.6 Å². The van der Waals surface area contributed by atoms with Crippen LogP contribution in [-0.2, 0) is 25.9 Å². The number of ether oxygens (including phenoxy) is 2. The van der Waals surface area contributed by atoms with Gasteiger partial charge in [-0.15, -0.1) is 0 Å². The zero-order chi connectivity index (χ0) is 32.6. The van der Waals surface area contributed by atoms with Crippen molar-refractivity contribution in [3.05, 3.63) is 130 Å². The minimum absolute atomic E-state index is 0.0319. The van der Waals surface area contributed by atoms with Crippen molar-refractivity contribution in [2.45, 2.75) is 42.8 Å². The first-order valence-electron chi connectivity index (χ1n) is 14.9. The van der Waals surface area contributed by atoms with Gasteiger partial charge in [-0.1, -0.05) is 76.1 Å². The first-order chi connectivity index (χ1) is 22.2. The van der Waals surface area contributed by atoms with Crippen molar-refractivity contribution in [1.29, 1.82) is 0 Å². The van der Waals surface area contributed by atoms with Gasteiger partial charge in [0.25, 0.3) is 5.91 Å². The lowest BCUT2D eigenvalue weighted by Crippen LogP contribution is -2.53. The van der Waals surface area contributed by atoms with E-state index in [0.29, 0.717) is 36.4 Å². The Bertz CT molecular complexity index is 1770. The topological polar surface area (TPSA) is 126 Å². The quantitative estimate of drug-likeness (QED) is 0.118. The van der Waals surface area contributed by atoms with Gasteiger partial charge in [-0.2, -0.15) is 0 Å². The van der Waals surface area contributed by atoms with Crippen molar-refractivity contribution in [3.63, 3.8) is 0 Å². The lowest BCUT2D eigenvalue weighted by Gasteiger charge is -2.30. The summed E-state index contributed by atoms with van der Waals surface area (Å²) in [4.78, 5) is 19.4. The summed E-state index contributed by atoms with van der Waals surface area (Å²) in [5, 5.41) is 9.05. The number of aryl methyl sites for hydroxylation is 1. The molecule has 1 amide bonds. The molecule has 4 aromatic rings. The van der Waals surface area contributed by atoms with E-state index in [0.717, 1.165) is 15.6 Å². The van der Waals surface area contributed by atoms with E-state index in [1.165, 1.54) is 0 Å². The summed E-state index contributed by atoms with van der Waals surface area (Å²) in [6.07, 6.45) is -0.564. The van der Waals surface area contributed by atoms with Crippen LogP contribution in [-0.4, -0.2) is 49.8 Å². The summed E-state index contributed by atoms with van der Waals surface area (Å²) in [6, 6.07) is 30.5. The van der Waals surface area contributed by atoms with Crippen LogP contribution in [0.5, 0.6) is 5.75 Å². The third kappa shape index (κ3) is 8.03. The number of hydrogen-bond acceptors (Lipinski definition) is 8. The van der Waals surface area contributed by atoms with E-state index in [1.807, 2.05) is 55.5 Å². The van der Waals surface area contributed by atoms with Crippen LogP contribution in [0.2, 0.25) is 0 Å². The molecule has 0 aliphatic carbocycles. The molecule has 1 heterocycles. The van der Waals surface area contributed by atoms with Crippen LogP contribution in [0.4, 0.5) is 0 Å². The summed E-state index contributed by atoms with van der Waals surface area (Å²) >= 11 is 3.47. The van der Waals surface area contributed by atoms with E-state index < -0.39 is 27.4 Å². The van der Waals surface area contributed by atoms with Crippen LogP contribution in [0.3, 0.4) is 0 Å². The number of aliphatic hydroxyl groups excluding tert-OH is 1. The average Bonchev–Trinajstić information content (AvgIpc) is 3.46. The number of hydrogen-bond donors (Lipinski definition) is 3. The summed E-state index contributed by atoms with van der Waals surface area (Å²) in [5.74, 6) is -0.0396. The summed E-state index contributed by atoms with van der Waals surface area (Å²) in [7, 11) is -3.77. The van der Waals surface area contributed by atoms with Crippen LogP contribution >= 0.6 is 15.9 Å². The minimum atomic E-state index is -3.77. The number of aliphatic imine (C=N–C) groups is 1. The van der Waals surface area contributed by atoms with Gasteiger partial charge in [0.05, 0.1) is 17.3 Å². The molecule has 0 radical (unpaired) electrons. The number of halogens is 1. The van der Waals surface area contributed by atoms with Crippen molar-refractivity contribution in [1.82, 2.24) is 10.9 Å². The molecule has 0 aromatic heterocycles. The Morgan fingerprint density at radius 3 is 2.43 bits per heavy atom. The van der Waals surface area contributed by atoms with Crippen molar-refractivity contribution >= 4 is 37.6 Å². The predicted octanol–water partition coefficient (Wildman–Crippen LogP) is 5.46. The molecule has 46 heavy (non-hydrogen) atoms. The third-order valence-corrected chi connectivity index (χ3v) is 9.89. The molecule has 9 nitrogen and oxygen atoms in total. The molecule has 0 fully saturated rings. The number of hydrazine groups is 1. The number of nitrogens with zero attached hydrogens (tertiary/aromatic N) is 1. The van der Waals surface area contributed by atoms with Gasteiger partial charge in [-0.25, -0.2) is 18.8 Å². The smallest absolute Gasteiger partial charge is 0.266 e. The molecular formula is C35H36BrN3O6S. The Hall–Kier alpha value is -4.03. The van der Waals surface area contributed by atoms with Crippen molar-refractivity contribution < 1.29 is 27.8 Å². The number of amides is 1. The molecule has 11 heteroatoms. The van der Waals surface area contributed by atoms with E-state index >= 15 is 0 Å². The van der Waals surface area contributed by atoms with E-state index in [9.17, 15) is 13.2 Å². The van der Waals surface area contributed by atoms with Crippen LogP contribution in [0.25, 0.3) is 0 Å². The second kappa shape index (κ2) is 15.0. The Balaban J connectivity index is 1.51. The van der Waals surface area contributed by atoms with E-state index in [-0.39, 0.29) is 29.6 Å². The average molecular weight is 707 g/mol. The molecule has 5 rings (SSSR count). The summed E-state index contributed by atoms with van der Waals surface area (Å²) in [6.45, 7) is 2.74. The Kier molecular flexibility index (Phi) is 10.9. The SMILES string of the molecule is Cc1cccc(CNNC(=O)[C@@]2(CCS(=O)(=O)c3ccccc3)N=C(c3ccc(OCCCO)cc3)O[C@H]2c2ccc(Br)cc2)c1. The maximum Gasteiger partial charge on any atom is 0.266 e. The number of sulfone groups is 1. The van der Waals surface area contributed by atoms with Gasteiger partial charge in [0, 0.05) is 36.0 Å². The Morgan fingerprint density at radius 2 is 1.74 bits per heavy atom. The van der Waals surface area contributed by atoms with Crippen molar-refractivity contribution in [3.8, 4) is 5.75 Å². The lowest BCUT2D eigenvalue weighted by molar-refractivity contribution is -0.130. The maximum atomic E-state index is 14.3. The molecule has 1 aliphatic rings. The first-order valence-corrected chi connectivity index (χ1v) is 17.4. The van der Waals surface area contributed by atoms with Gasteiger partial charge >= 0.3 is 0 Å². The van der Waals surface area contributed by atoms with Gasteiger partial charge in [0.2, 0.25) is 5.90 Å². The molecule has 0 spiro atoms. The van der Waals surface area contributed by atoms with E-state index in [1.54, 1.807) is 54.6 Å². The first kappa shape index (κ1) is 33.3. The molecule has 0 saturated heterocycles. The molecule has 1 aliphatic heterocycles. The number of rotatable bonds is 14. The third-order valence-electron chi connectivity index (χ3n) is 7.63. The van der Waals surface area contributed by atoms with Crippen LogP contribution in [0.1, 0.15) is 41.2 Å².